The number of rotatable bonds is 2. The van der Waals surface area contributed by atoms with Crippen molar-refractivity contribution in [2.24, 2.45) is 0 Å². The molecular formula is C23H21FN2O4. The van der Waals surface area contributed by atoms with Crippen molar-refractivity contribution in [1.82, 2.24) is 9.88 Å². The van der Waals surface area contributed by atoms with Crippen molar-refractivity contribution in [3.8, 4) is 0 Å². The lowest BCUT2D eigenvalue weighted by atomic mass is 9.85. The van der Waals surface area contributed by atoms with Gasteiger partial charge in [0.25, 0.3) is 0 Å². The van der Waals surface area contributed by atoms with Gasteiger partial charge in [-0.3, -0.25) is 4.79 Å². The Balaban J connectivity index is 1.77. The van der Waals surface area contributed by atoms with Crippen LogP contribution in [0.5, 0.6) is 0 Å². The number of esters is 1. The summed E-state index contributed by atoms with van der Waals surface area (Å²) in [5.74, 6) is -0.996. The average molecular weight is 408 g/mol. The predicted molar refractivity (Wildman–Crippen MR) is 108 cm³/mol. The van der Waals surface area contributed by atoms with E-state index in [9.17, 15) is 19.1 Å². The number of hydrogen-bond donors (Lipinski definition) is 1. The molecule has 1 atom stereocenters. The summed E-state index contributed by atoms with van der Waals surface area (Å²) in [7, 11) is 0. The fourth-order valence-electron chi connectivity index (χ4n) is 4.79. The molecule has 154 valence electrons. The molecule has 3 heterocycles. The third-order valence-corrected chi connectivity index (χ3v) is 6.41. The summed E-state index contributed by atoms with van der Waals surface area (Å²) in [6.45, 7) is 4.03. The number of aliphatic hydroxyl groups is 1. The Morgan fingerprint density at radius 2 is 2.03 bits per heavy atom. The Bertz CT molecular complexity index is 1200. The molecule has 1 aromatic carbocycles. The summed E-state index contributed by atoms with van der Waals surface area (Å²) in [6.07, 6.45) is 3.53. The van der Waals surface area contributed by atoms with Crippen LogP contribution < -0.4 is 0 Å². The molecule has 0 saturated heterocycles. The molecule has 3 aliphatic rings. The molecule has 1 aromatic heterocycles. The molecule has 0 spiro atoms. The molecule has 2 aromatic rings. The molecular weight excluding hydrogens is 387 g/mol. The van der Waals surface area contributed by atoms with E-state index in [-0.39, 0.29) is 12.4 Å². The number of aryl methyl sites for hydroxylation is 2. The Labute approximate surface area is 172 Å². The maximum absolute atomic E-state index is 14.5. The second-order valence-electron chi connectivity index (χ2n) is 8.14. The third kappa shape index (κ3) is 2.61. The SMILES string of the molecule is CC1=C(/C=C2/c3nc4cc(F)c(C)c5c4c(c3CN2C=O)CCC5)C(O)C(=O)OC1. The van der Waals surface area contributed by atoms with E-state index in [1.54, 1.807) is 19.9 Å². The van der Waals surface area contributed by atoms with Gasteiger partial charge in [-0.1, -0.05) is 0 Å². The summed E-state index contributed by atoms with van der Waals surface area (Å²) in [4.78, 5) is 30.0. The molecule has 1 unspecified atom stereocenters. The zero-order valence-electron chi connectivity index (χ0n) is 16.8. The first-order valence-corrected chi connectivity index (χ1v) is 10.0. The minimum atomic E-state index is -1.41. The monoisotopic (exact) mass is 408 g/mol. The van der Waals surface area contributed by atoms with E-state index >= 15 is 0 Å². The number of carbonyl (C=O) groups is 2. The maximum atomic E-state index is 14.5. The Kier molecular flexibility index (Phi) is 4.25. The highest BCUT2D eigenvalue weighted by molar-refractivity contribution is 5.93. The lowest BCUT2D eigenvalue weighted by Gasteiger charge is -2.22. The van der Waals surface area contributed by atoms with Crippen LogP contribution in [0.2, 0.25) is 0 Å². The summed E-state index contributed by atoms with van der Waals surface area (Å²) in [6, 6.07) is 1.46. The number of benzene rings is 1. The van der Waals surface area contributed by atoms with Gasteiger partial charge in [-0.25, -0.2) is 14.2 Å². The number of nitrogens with zero attached hydrogens (tertiary/aromatic N) is 2. The first-order valence-electron chi connectivity index (χ1n) is 10.0. The summed E-state index contributed by atoms with van der Waals surface area (Å²) in [5.41, 5.74) is 6.54. The lowest BCUT2D eigenvalue weighted by molar-refractivity contribution is -0.151. The maximum Gasteiger partial charge on any atom is 0.339 e. The van der Waals surface area contributed by atoms with Crippen molar-refractivity contribution in [1.29, 1.82) is 0 Å². The number of fused-ring (bicyclic) bond motifs is 2. The van der Waals surface area contributed by atoms with Crippen LogP contribution in [0, 0.1) is 12.7 Å². The Hall–Kier alpha value is -3.06. The number of amides is 1. The van der Waals surface area contributed by atoms with Crippen LogP contribution >= 0.6 is 0 Å². The van der Waals surface area contributed by atoms with Gasteiger partial charge in [-0.2, -0.15) is 0 Å². The topological polar surface area (TPSA) is 79.7 Å². The smallest absolute Gasteiger partial charge is 0.339 e. The van der Waals surface area contributed by atoms with Gasteiger partial charge in [-0.05, 0) is 67.0 Å². The number of aromatic nitrogens is 1. The van der Waals surface area contributed by atoms with E-state index < -0.39 is 12.1 Å². The van der Waals surface area contributed by atoms with E-state index in [2.05, 4.69) is 0 Å². The van der Waals surface area contributed by atoms with Crippen molar-refractivity contribution < 1.29 is 23.8 Å². The molecule has 5 rings (SSSR count). The Morgan fingerprint density at radius 3 is 2.80 bits per heavy atom. The van der Waals surface area contributed by atoms with E-state index in [4.69, 9.17) is 9.72 Å². The molecule has 1 aliphatic carbocycles. The van der Waals surface area contributed by atoms with E-state index in [1.807, 2.05) is 0 Å². The zero-order valence-corrected chi connectivity index (χ0v) is 16.8. The minimum Gasteiger partial charge on any atom is -0.459 e. The highest BCUT2D eigenvalue weighted by Crippen LogP contribution is 2.41. The van der Waals surface area contributed by atoms with Gasteiger partial charge in [0.2, 0.25) is 6.41 Å². The second kappa shape index (κ2) is 6.74. The largest absolute Gasteiger partial charge is 0.459 e. The van der Waals surface area contributed by atoms with Gasteiger partial charge in [0.05, 0.1) is 23.5 Å². The summed E-state index contributed by atoms with van der Waals surface area (Å²) in [5, 5.41) is 11.3. The number of aliphatic hydroxyl groups excluding tert-OH is 1. The Morgan fingerprint density at radius 1 is 1.27 bits per heavy atom. The fraction of sp³-hybridized carbons (Fsp3) is 0.348. The molecule has 6 nitrogen and oxygen atoms in total. The lowest BCUT2D eigenvalue weighted by Crippen LogP contribution is -2.31. The summed E-state index contributed by atoms with van der Waals surface area (Å²) >= 11 is 0. The first-order chi connectivity index (χ1) is 14.4. The molecule has 1 N–H and O–H groups in total. The standard InChI is InChI=1S/C23H21FN2O4/c1-11-9-30-23(29)22(28)15(11)6-19-21-16(8-26(19)10-27)14-5-3-4-13-12(2)17(24)7-18(25-21)20(13)14/h6-7,10,22,28H,3-5,8-9H2,1-2H3/b19-6-. The second-order valence-corrected chi connectivity index (χ2v) is 8.14. The highest BCUT2D eigenvalue weighted by atomic mass is 19.1. The zero-order chi connectivity index (χ0) is 21.2. The van der Waals surface area contributed by atoms with Gasteiger partial charge < -0.3 is 14.7 Å². The number of halogens is 1. The van der Waals surface area contributed by atoms with Gasteiger partial charge in [0, 0.05) is 17.0 Å². The number of carbonyl (C=O) groups excluding carboxylic acids is 2. The average Bonchev–Trinajstić information content (AvgIpc) is 3.09. The normalized spacial score (nSPS) is 22.0. The number of hydrogen-bond acceptors (Lipinski definition) is 5. The number of ether oxygens (including phenoxy) is 1. The molecule has 0 bridgehead atoms. The van der Waals surface area contributed by atoms with Crippen LogP contribution in [0.25, 0.3) is 16.6 Å². The van der Waals surface area contributed by atoms with Gasteiger partial charge in [-0.15, -0.1) is 0 Å². The molecule has 30 heavy (non-hydrogen) atoms. The van der Waals surface area contributed by atoms with Crippen molar-refractivity contribution in [3.63, 3.8) is 0 Å². The highest BCUT2D eigenvalue weighted by Gasteiger charge is 2.34. The van der Waals surface area contributed by atoms with E-state index in [0.29, 0.717) is 40.2 Å². The minimum absolute atomic E-state index is 0.0905. The van der Waals surface area contributed by atoms with Crippen molar-refractivity contribution in [3.05, 3.63) is 57.1 Å². The number of pyridine rings is 1. The molecule has 1 amide bonds. The molecule has 7 heteroatoms. The van der Waals surface area contributed by atoms with E-state index in [0.717, 1.165) is 47.7 Å². The third-order valence-electron chi connectivity index (χ3n) is 6.41. The fourth-order valence-corrected chi connectivity index (χ4v) is 4.79. The van der Waals surface area contributed by atoms with Crippen LogP contribution in [-0.4, -0.2) is 40.1 Å². The van der Waals surface area contributed by atoms with Gasteiger partial charge in [0.1, 0.15) is 12.4 Å². The van der Waals surface area contributed by atoms with E-state index in [1.165, 1.54) is 11.0 Å². The van der Waals surface area contributed by atoms with Crippen LogP contribution in [0.1, 0.15) is 41.3 Å². The van der Waals surface area contributed by atoms with Crippen molar-refractivity contribution in [2.45, 2.75) is 45.8 Å². The number of cyclic esters (lactones) is 1. The quantitative estimate of drug-likeness (QED) is 0.611. The van der Waals surface area contributed by atoms with Gasteiger partial charge >= 0.3 is 5.97 Å². The molecule has 0 fully saturated rings. The van der Waals surface area contributed by atoms with Crippen LogP contribution in [0.4, 0.5) is 4.39 Å². The van der Waals surface area contributed by atoms with Gasteiger partial charge in [0.15, 0.2) is 6.10 Å². The first kappa shape index (κ1) is 18.9. The van der Waals surface area contributed by atoms with Crippen LogP contribution in [0.3, 0.4) is 0 Å². The van der Waals surface area contributed by atoms with Crippen LogP contribution in [-0.2, 0) is 33.7 Å². The molecule has 2 aliphatic heterocycles. The summed E-state index contributed by atoms with van der Waals surface area (Å²) < 4.78 is 19.5. The van der Waals surface area contributed by atoms with Crippen molar-refractivity contribution in [2.75, 3.05) is 6.61 Å². The molecule has 0 radical (unpaired) electrons. The molecule has 0 saturated carbocycles. The van der Waals surface area contributed by atoms with Crippen molar-refractivity contribution >= 4 is 29.0 Å². The predicted octanol–water partition coefficient (Wildman–Crippen LogP) is 2.72. The van der Waals surface area contributed by atoms with Crippen LogP contribution in [0.15, 0.2) is 23.3 Å².